The van der Waals surface area contributed by atoms with Gasteiger partial charge in [-0.1, -0.05) is 6.42 Å². The fraction of sp³-hybridized carbons (Fsp3) is 0.786. The van der Waals surface area contributed by atoms with E-state index in [4.69, 9.17) is 0 Å². The molecular formula is C14H25N5O2. The second-order valence-corrected chi connectivity index (χ2v) is 5.99. The van der Waals surface area contributed by atoms with Crippen LogP contribution in [0.3, 0.4) is 0 Å². The highest BCUT2D eigenvalue weighted by atomic mass is 16.2. The van der Waals surface area contributed by atoms with Crippen molar-refractivity contribution < 1.29 is 0 Å². The zero-order valence-electron chi connectivity index (χ0n) is 13.3. The van der Waals surface area contributed by atoms with Crippen LogP contribution in [0.2, 0.25) is 0 Å². The molecule has 0 bridgehead atoms. The molecule has 0 amide bonds. The highest BCUT2D eigenvalue weighted by molar-refractivity contribution is 5.36. The Balaban J connectivity index is 2.34. The number of nitrogens with zero attached hydrogens (tertiary/aromatic N) is 4. The number of hydrogen-bond acceptors (Lipinski definition) is 5. The third-order valence-corrected chi connectivity index (χ3v) is 4.03. The number of rotatable bonds is 4. The average molecular weight is 295 g/mol. The lowest BCUT2D eigenvalue weighted by Crippen LogP contribution is -2.50. The molecule has 1 unspecified atom stereocenters. The molecule has 7 heteroatoms. The maximum absolute atomic E-state index is 12.4. The molecule has 1 aromatic heterocycles. The smallest absolute Gasteiger partial charge is 0.346 e. The van der Waals surface area contributed by atoms with Crippen molar-refractivity contribution in [2.45, 2.75) is 45.2 Å². The summed E-state index contributed by atoms with van der Waals surface area (Å²) in [7, 11) is 3.07. The van der Waals surface area contributed by atoms with E-state index in [1.807, 2.05) is 18.7 Å². The quantitative estimate of drug-likeness (QED) is 0.835. The number of nitrogens with one attached hydrogen (secondary N) is 1. The molecule has 0 aromatic carbocycles. The molecule has 2 rings (SSSR count). The second-order valence-electron chi connectivity index (χ2n) is 5.99. The fourth-order valence-corrected chi connectivity index (χ4v) is 2.72. The third-order valence-electron chi connectivity index (χ3n) is 4.03. The highest BCUT2D eigenvalue weighted by Crippen LogP contribution is 2.13. The Morgan fingerprint density at radius 1 is 1.33 bits per heavy atom. The summed E-state index contributed by atoms with van der Waals surface area (Å²) in [6.45, 7) is 5.83. The van der Waals surface area contributed by atoms with Gasteiger partial charge in [-0.05, 0) is 33.2 Å². The molecule has 1 atom stereocenters. The van der Waals surface area contributed by atoms with E-state index in [9.17, 15) is 9.59 Å². The Morgan fingerprint density at radius 2 is 2.05 bits per heavy atom. The second kappa shape index (κ2) is 6.43. The summed E-state index contributed by atoms with van der Waals surface area (Å²) in [6.07, 6.45) is 3.52. The lowest BCUT2D eigenvalue weighted by molar-refractivity contribution is 0.390. The van der Waals surface area contributed by atoms with Crippen molar-refractivity contribution in [2.24, 2.45) is 14.1 Å². The van der Waals surface area contributed by atoms with Gasteiger partial charge in [0.05, 0.1) is 0 Å². The minimum absolute atomic E-state index is 0.145. The molecule has 118 valence electrons. The SMILES string of the molecule is CC(C)N(CC1CCCCN1)c1nn(C)c(=O)n(C)c1=O. The van der Waals surface area contributed by atoms with Crippen molar-refractivity contribution in [2.75, 3.05) is 18.0 Å². The molecule has 1 fully saturated rings. The zero-order valence-corrected chi connectivity index (χ0v) is 13.3. The maximum Gasteiger partial charge on any atom is 0.346 e. The van der Waals surface area contributed by atoms with Crippen LogP contribution in [0.5, 0.6) is 0 Å². The number of aromatic nitrogens is 3. The summed E-state index contributed by atoms with van der Waals surface area (Å²) in [5, 5.41) is 7.68. The molecule has 0 radical (unpaired) electrons. The molecule has 0 spiro atoms. The van der Waals surface area contributed by atoms with Crippen molar-refractivity contribution in [3.8, 4) is 0 Å². The molecular weight excluding hydrogens is 270 g/mol. The molecule has 2 heterocycles. The Hall–Kier alpha value is -1.63. The topological polar surface area (TPSA) is 72.2 Å². The van der Waals surface area contributed by atoms with Gasteiger partial charge in [-0.25, -0.2) is 9.48 Å². The molecule has 1 aliphatic rings. The van der Waals surface area contributed by atoms with Crippen molar-refractivity contribution in [1.29, 1.82) is 0 Å². The Bertz CT molecular complexity index is 598. The van der Waals surface area contributed by atoms with Gasteiger partial charge in [-0.3, -0.25) is 9.36 Å². The molecule has 0 saturated carbocycles. The van der Waals surface area contributed by atoms with Crippen molar-refractivity contribution >= 4 is 5.82 Å². The first-order chi connectivity index (χ1) is 9.91. The Morgan fingerprint density at radius 3 is 2.62 bits per heavy atom. The van der Waals surface area contributed by atoms with Crippen LogP contribution in [-0.2, 0) is 14.1 Å². The van der Waals surface area contributed by atoms with Gasteiger partial charge in [0.2, 0.25) is 5.82 Å². The van der Waals surface area contributed by atoms with Gasteiger partial charge in [-0.15, -0.1) is 5.10 Å². The molecule has 1 aromatic rings. The first-order valence-electron chi connectivity index (χ1n) is 7.56. The van der Waals surface area contributed by atoms with Crippen LogP contribution < -0.4 is 21.5 Å². The number of hydrogen-bond donors (Lipinski definition) is 1. The van der Waals surface area contributed by atoms with Crippen LogP contribution in [0.25, 0.3) is 0 Å². The molecule has 1 aliphatic heterocycles. The van der Waals surface area contributed by atoms with E-state index >= 15 is 0 Å². The van der Waals surface area contributed by atoms with Crippen molar-refractivity contribution in [3.63, 3.8) is 0 Å². The van der Waals surface area contributed by atoms with Gasteiger partial charge in [0, 0.05) is 32.7 Å². The predicted octanol–water partition coefficient (Wildman–Crippen LogP) is -0.164. The number of anilines is 1. The standard InChI is InChI=1S/C14H25N5O2/c1-10(2)19(9-11-7-5-6-8-15-11)12-13(20)17(3)14(21)18(4)16-12/h10-11,15H,5-9H2,1-4H3. The summed E-state index contributed by atoms with van der Waals surface area (Å²) >= 11 is 0. The predicted molar refractivity (Wildman–Crippen MR) is 82.8 cm³/mol. The normalized spacial score (nSPS) is 19.0. The van der Waals surface area contributed by atoms with Crippen LogP contribution in [-0.4, -0.2) is 39.5 Å². The van der Waals surface area contributed by atoms with E-state index in [1.165, 1.54) is 24.6 Å². The summed E-state index contributed by atoms with van der Waals surface area (Å²) in [5.74, 6) is 0.349. The monoisotopic (exact) mass is 295 g/mol. The number of aryl methyl sites for hydroxylation is 1. The van der Waals surface area contributed by atoms with Crippen LogP contribution in [0.1, 0.15) is 33.1 Å². The lowest BCUT2D eigenvalue weighted by atomic mass is 10.0. The summed E-state index contributed by atoms with van der Waals surface area (Å²) in [6, 6.07) is 0.510. The molecule has 0 aliphatic carbocycles. The summed E-state index contributed by atoms with van der Waals surface area (Å²) in [5.41, 5.74) is -0.731. The lowest BCUT2D eigenvalue weighted by Gasteiger charge is -2.33. The van der Waals surface area contributed by atoms with Crippen LogP contribution in [0.4, 0.5) is 5.82 Å². The van der Waals surface area contributed by atoms with Gasteiger partial charge in [-0.2, -0.15) is 0 Å². The van der Waals surface area contributed by atoms with E-state index in [-0.39, 0.29) is 11.6 Å². The molecule has 1 saturated heterocycles. The summed E-state index contributed by atoms with van der Waals surface area (Å²) < 4.78 is 2.34. The number of piperidine rings is 1. The minimum atomic E-state index is -0.400. The van der Waals surface area contributed by atoms with Crippen LogP contribution in [0, 0.1) is 0 Å². The van der Waals surface area contributed by atoms with Crippen molar-refractivity contribution in [1.82, 2.24) is 19.7 Å². The maximum atomic E-state index is 12.4. The van der Waals surface area contributed by atoms with E-state index in [0.29, 0.717) is 11.9 Å². The van der Waals surface area contributed by atoms with E-state index in [0.717, 1.165) is 24.1 Å². The Labute approximate surface area is 124 Å². The minimum Gasteiger partial charge on any atom is -0.347 e. The van der Waals surface area contributed by atoms with E-state index < -0.39 is 5.69 Å². The van der Waals surface area contributed by atoms with Crippen LogP contribution in [0.15, 0.2) is 9.59 Å². The first-order valence-corrected chi connectivity index (χ1v) is 7.56. The van der Waals surface area contributed by atoms with Gasteiger partial charge in [0.25, 0.3) is 5.56 Å². The highest BCUT2D eigenvalue weighted by Gasteiger charge is 2.23. The van der Waals surface area contributed by atoms with Gasteiger partial charge >= 0.3 is 5.69 Å². The van der Waals surface area contributed by atoms with Crippen molar-refractivity contribution in [3.05, 3.63) is 20.8 Å². The molecule has 1 N–H and O–H groups in total. The largest absolute Gasteiger partial charge is 0.347 e. The molecule has 21 heavy (non-hydrogen) atoms. The van der Waals surface area contributed by atoms with E-state index in [2.05, 4.69) is 10.4 Å². The fourth-order valence-electron chi connectivity index (χ4n) is 2.72. The van der Waals surface area contributed by atoms with Gasteiger partial charge in [0.1, 0.15) is 0 Å². The van der Waals surface area contributed by atoms with Gasteiger partial charge < -0.3 is 10.2 Å². The molecule has 7 nitrogen and oxygen atoms in total. The first kappa shape index (κ1) is 15.8. The Kier molecular flexibility index (Phi) is 4.82. The average Bonchev–Trinajstić information content (AvgIpc) is 2.47. The third kappa shape index (κ3) is 3.34. The van der Waals surface area contributed by atoms with Gasteiger partial charge in [0.15, 0.2) is 0 Å². The van der Waals surface area contributed by atoms with Crippen LogP contribution >= 0.6 is 0 Å². The zero-order chi connectivity index (χ0) is 15.6. The van der Waals surface area contributed by atoms with E-state index in [1.54, 1.807) is 7.05 Å². The summed E-state index contributed by atoms with van der Waals surface area (Å²) in [4.78, 5) is 26.1.